The summed E-state index contributed by atoms with van der Waals surface area (Å²) in [7, 11) is 1.88. The minimum atomic E-state index is -0.132. The van der Waals surface area contributed by atoms with E-state index < -0.39 is 0 Å². The van der Waals surface area contributed by atoms with Gasteiger partial charge in [0.15, 0.2) is 0 Å². The van der Waals surface area contributed by atoms with Crippen molar-refractivity contribution in [2.75, 3.05) is 0 Å². The third kappa shape index (κ3) is 2.41. The second-order valence-electron chi connectivity index (χ2n) is 4.22. The second kappa shape index (κ2) is 5.34. The molecule has 0 aliphatic carbocycles. The molecule has 2 aromatic heterocycles. The summed E-state index contributed by atoms with van der Waals surface area (Å²) in [6, 6.07) is -0.132. The quantitative estimate of drug-likeness (QED) is 0.933. The zero-order valence-electron chi connectivity index (χ0n) is 10.6. The van der Waals surface area contributed by atoms with Crippen molar-refractivity contribution in [3.63, 3.8) is 0 Å². The Hall–Kier alpha value is -0.980. The van der Waals surface area contributed by atoms with Gasteiger partial charge >= 0.3 is 0 Å². The Morgan fingerprint density at radius 1 is 1.50 bits per heavy atom. The number of aromatic nitrogens is 4. The van der Waals surface area contributed by atoms with Crippen LogP contribution < -0.4 is 5.73 Å². The molecule has 0 amide bonds. The monoisotopic (exact) mass is 285 g/mol. The maximum absolute atomic E-state index is 6.23. The number of hydrogen-bond donors (Lipinski definition) is 1. The molecule has 0 saturated heterocycles. The normalized spacial score (nSPS) is 12.9. The highest BCUT2D eigenvalue weighted by Crippen LogP contribution is 2.27. The van der Waals surface area contributed by atoms with Crippen molar-refractivity contribution >= 4 is 23.1 Å². The van der Waals surface area contributed by atoms with Crippen molar-refractivity contribution in [3.05, 3.63) is 27.0 Å². The van der Waals surface area contributed by atoms with E-state index in [-0.39, 0.29) is 6.04 Å². The van der Waals surface area contributed by atoms with E-state index in [2.05, 4.69) is 14.7 Å². The molecule has 0 aromatic carbocycles. The molecule has 7 heteroatoms. The van der Waals surface area contributed by atoms with Crippen molar-refractivity contribution in [2.24, 2.45) is 12.8 Å². The molecule has 0 aliphatic heterocycles. The third-order valence-corrected chi connectivity index (χ3v) is 4.32. The number of nitrogens with zero attached hydrogens (tertiary/aromatic N) is 4. The van der Waals surface area contributed by atoms with Gasteiger partial charge in [0.25, 0.3) is 0 Å². The van der Waals surface area contributed by atoms with Gasteiger partial charge in [-0.2, -0.15) is 5.10 Å². The van der Waals surface area contributed by atoms with Crippen molar-refractivity contribution in [2.45, 2.75) is 32.7 Å². The molecule has 2 heterocycles. The SMILES string of the molecule is CCc1nnsc1C(N)Cc1c(Cl)c(C)nn1C. The first-order valence-corrected chi connectivity index (χ1v) is 6.94. The second-order valence-corrected chi connectivity index (χ2v) is 5.38. The van der Waals surface area contributed by atoms with Crippen LogP contribution in [0.2, 0.25) is 5.02 Å². The molecular weight excluding hydrogens is 270 g/mol. The Morgan fingerprint density at radius 3 is 2.78 bits per heavy atom. The summed E-state index contributed by atoms with van der Waals surface area (Å²) in [6.07, 6.45) is 1.49. The highest BCUT2D eigenvalue weighted by atomic mass is 35.5. The number of hydrogen-bond acceptors (Lipinski definition) is 5. The Balaban J connectivity index is 2.24. The van der Waals surface area contributed by atoms with Crippen molar-refractivity contribution in [1.29, 1.82) is 0 Å². The molecular formula is C11H16ClN5S. The van der Waals surface area contributed by atoms with E-state index in [0.29, 0.717) is 11.4 Å². The van der Waals surface area contributed by atoms with E-state index in [4.69, 9.17) is 17.3 Å². The van der Waals surface area contributed by atoms with Gasteiger partial charge in [-0.15, -0.1) is 5.10 Å². The van der Waals surface area contributed by atoms with Crippen LogP contribution in [-0.4, -0.2) is 19.4 Å². The largest absolute Gasteiger partial charge is 0.323 e. The molecule has 2 N–H and O–H groups in total. The van der Waals surface area contributed by atoms with Gasteiger partial charge in [-0.3, -0.25) is 4.68 Å². The molecule has 98 valence electrons. The maximum atomic E-state index is 6.23. The van der Waals surface area contributed by atoms with Crippen molar-refractivity contribution in [1.82, 2.24) is 19.4 Å². The summed E-state index contributed by atoms with van der Waals surface area (Å²) < 4.78 is 5.75. The zero-order chi connectivity index (χ0) is 13.3. The maximum Gasteiger partial charge on any atom is 0.0847 e. The number of nitrogens with two attached hydrogens (primary N) is 1. The van der Waals surface area contributed by atoms with Crippen LogP contribution in [0.25, 0.3) is 0 Å². The molecule has 1 unspecified atom stereocenters. The van der Waals surface area contributed by atoms with Crippen LogP contribution in [0, 0.1) is 6.92 Å². The molecule has 0 aliphatic rings. The highest BCUT2D eigenvalue weighted by molar-refractivity contribution is 7.05. The van der Waals surface area contributed by atoms with Gasteiger partial charge in [0.2, 0.25) is 0 Å². The van der Waals surface area contributed by atoms with Crippen LogP contribution in [-0.2, 0) is 19.9 Å². The van der Waals surface area contributed by atoms with Crippen molar-refractivity contribution < 1.29 is 0 Å². The number of halogens is 1. The summed E-state index contributed by atoms with van der Waals surface area (Å²) in [5.74, 6) is 0. The van der Waals surface area contributed by atoms with E-state index in [1.54, 1.807) is 4.68 Å². The molecule has 0 saturated carbocycles. The summed E-state index contributed by atoms with van der Waals surface area (Å²) in [6.45, 7) is 3.94. The average molecular weight is 286 g/mol. The summed E-state index contributed by atoms with van der Waals surface area (Å²) in [5.41, 5.74) is 8.99. The van der Waals surface area contributed by atoms with Crippen LogP contribution >= 0.6 is 23.1 Å². The summed E-state index contributed by atoms with van der Waals surface area (Å²) in [5, 5.41) is 9.07. The van der Waals surface area contributed by atoms with E-state index >= 15 is 0 Å². The first kappa shape index (κ1) is 13.5. The fourth-order valence-electron chi connectivity index (χ4n) is 1.95. The Morgan fingerprint density at radius 2 is 2.22 bits per heavy atom. The van der Waals surface area contributed by atoms with E-state index in [1.807, 2.05) is 20.9 Å². The van der Waals surface area contributed by atoms with Crippen LogP contribution in [0.15, 0.2) is 0 Å². The Kier molecular flexibility index (Phi) is 3.99. The molecule has 18 heavy (non-hydrogen) atoms. The molecule has 0 spiro atoms. The first-order chi connectivity index (χ1) is 8.54. The zero-order valence-corrected chi connectivity index (χ0v) is 12.2. The predicted octanol–water partition coefficient (Wildman–Crippen LogP) is 2.04. The third-order valence-electron chi connectivity index (χ3n) is 2.93. The molecule has 0 fully saturated rings. The summed E-state index contributed by atoms with van der Waals surface area (Å²) >= 11 is 7.59. The van der Waals surface area contributed by atoms with Gasteiger partial charge in [0, 0.05) is 19.5 Å². The van der Waals surface area contributed by atoms with Crippen molar-refractivity contribution in [3.8, 4) is 0 Å². The highest BCUT2D eigenvalue weighted by Gasteiger charge is 2.19. The molecule has 2 rings (SSSR count). The average Bonchev–Trinajstić information content (AvgIpc) is 2.90. The smallest absolute Gasteiger partial charge is 0.0847 e. The fraction of sp³-hybridized carbons (Fsp3) is 0.545. The van der Waals surface area contributed by atoms with E-state index in [9.17, 15) is 0 Å². The minimum Gasteiger partial charge on any atom is -0.323 e. The molecule has 2 aromatic rings. The number of rotatable bonds is 4. The lowest BCUT2D eigenvalue weighted by atomic mass is 10.1. The standard InChI is InChI=1S/C11H16ClN5S/c1-4-8-11(18-16-14-8)7(13)5-9-10(12)6(2)15-17(9)3/h7H,4-5,13H2,1-3H3. The topological polar surface area (TPSA) is 69.6 Å². The molecule has 5 nitrogen and oxygen atoms in total. The minimum absolute atomic E-state index is 0.132. The molecule has 0 bridgehead atoms. The van der Waals surface area contributed by atoms with Gasteiger partial charge in [-0.25, -0.2) is 0 Å². The van der Waals surface area contributed by atoms with Crippen LogP contribution in [0.4, 0.5) is 0 Å². The van der Waals surface area contributed by atoms with Gasteiger partial charge in [0.05, 0.1) is 27.0 Å². The van der Waals surface area contributed by atoms with Gasteiger partial charge in [0.1, 0.15) is 0 Å². The lowest BCUT2D eigenvalue weighted by molar-refractivity contribution is 0.641. The predicted molar refractivity (Wildman–Crippen MR) is 72.9 cm³/mol. The summed E-state index contributed by atoms with van der Waals surface area (Å²) in [4.78, 5) is 1.03. The lowest BCUT2D eigenvalue weighted by Gasteiger charge is -2.10. The number of aryl methyl sites for hydroxylation is 3. The van der Waals surface area contributed by atoms with E-state index in [0.717, 1.165) is 28.4 Å². The first-order valence-electron chi connectivity index (χ1n) is 5.79. The molecule has 1 atom stereocenters. The van der Waals surface area contributed by atoms with Gasteiger partial charge < -0.3 is 5.73 Å². The Labute approximate surface area is 115 Å². The van der Waals surface area contributed by atoms with E-state index in [1.165, 1.54) is 11.5 Å². The molecule has 0 radical (unpaired) electrons. The fourth-order valence-corrected chi connectivity index (χ4v) is 2.92. The van der Waals surface area contributed by atoms with Crippen LogP contribution in [0.1, 0.15) is 34.9 Å². The van der Waals surface area contributed by atoms with Gasteiger partial charge in [-0.05, 0) is 24.9 Å². The Bertz CT molecular complexity index is 548. The van der Waals surface area contributed by atoms with Gasteiger partial charge in [-0.1, -0.05) is 23.0 Å². The van der Waals surface area contributed by atoms with Crippen LogP contribution in [0.3, 0.4) is 0 Å². The van der Waals surface area contributed by atoms with Crippen LogP contribution in [0.5, 0.6) is 0 Å². The lowest BCUT2D eigenvalue weighted by Crippen LogP contribution is -2.16.